The summed E-state index contributed by atoms with van der Waals surface area (Å²) in [5.41, 5.74) is 12.9. The predicted molar refractivity (Wildman–Crippen MR) is 205 cm³/mol. The summed E-state index contributed by atoms with van der Waals surface area (Å²) in [5, 5.41) is 3.81. The minimum Gasteiger partial charge on any atom is -0.360 e. The van der Waals surface area contributed by atoms with Gasteiger partial charge < -0.3 is 10.2 Å². The summed E-state index contributed by atoms with van der Waals surface area (Å²) in [7, 11) is 2.08. The molecule has 2 heterocycles. The lowest BCUT2D eigenvalue weighted by molar-refractivity contribution is 0.380. The highest BCUT2D eigenvalue weighted by Crippen LogP contribution is 2.34. The molecule has 240 valence electrons. The van der Waals surface area contributed by atoms with Crippen LogP contribution in [0.2, 0.25) is 0 Å². The molecule has 4 heteroatoms. The van der Waals surface area contributed by atoms with Gasteiger partial charge in [0.2, 0.25) is 0 Å². The number of nitrogens with one attached hydrogen (secondary N) is 1. The summed E-state index contributed by atoms with van der Waals surface area (Å²) in [5.74, 6) is 0.270. The number of allylic oxidation sites excluding steroid dienone is 8. The van der Waals surface area contributed by atoms with Gasteiger partial charge in [0.05, 0.1) is 5.71 Å². The highest BCUT2D eigenvalue weighted by molar-refractivity contribution is 6.13. The highest BCUT2D eigenvalue weighted by Gasteiger charge is 2.23. The van der Waals surface area contributed by atoms with Gasteiger partial charge in [-0.3, -0.25) is 9.98 Å². The molecule has 0 aromatic heterocycles. The third-order valence-electron chi connectivity index (χ3n) is 9.68. The normalized spacial score (nSPS) is 21.4. The third-order valence-corrected chi connectivity index (χ3v) is 9.68. The number of likely N-dealkylation sites (N-methyl/N-ethyl adjacent to an activating group) is 1. The van der Waals surface area contributed by atoms with Crippen molar-refractivity contribution in [2.75, 3.05) is 7.05 Å². The highest BCUT2D eigenvalue weighted by atomic mass is 15.2. The van der Waals surface area contributed by atoms with Crippen LogP contribution in [0.25, 0.3) is 22.4 Å². The van der Waals surface area contributed by atoms with Gasteiger partial charge in [0.1, 0.15) is 12.3 Å². The molecular formula is C45H40N4. The Bertz CT molecular complexity index is 2110. The van der Waals surface area contributed by atoms with E-state index in [2.05, 4.69) is 169 Å². The minimum absolute atomic E-state index is 0.00885. The molecule has 4 aromatic rings. The van der Waals surface area contributed by atoms with E-state index in [1.54, 1.807) is 0 Å². The molecule has 0 saturated heterocycles. The molecule has 0 amide bonds. The lowest BCUT2D eigenvalue weighted by atomic mass is 9.87. The number of hydrogen-bond acceptors (Lipinski definition) is 4. The smallest absolute Gasteiger partial charge is 0.146 e. The summed E-state index contributed by atoms with van der Waals surface area (Å²) in [4.78, 5) is 12.3. The fraction of sp³-hybridized carbons (Fsp3) is 0.156. The van der Waals surface area contributed by atoms with Crippen LogP contribution in [0.3, 0.4) is 0 Å². The number of nitrogens with zero attached hydrogens (tertiary/aromatic N) is 3. The molecule has 0 saturated carbocycles. The van der Waals surface area contributed by atoms with Gasteiger partial charge in [0, 0.05) is 36.6 Å². The van der Waals surface area contributed by atoms with Crippen LogP contribution in [0.4, 0.5) is 0 Å². The number of aliphatic imine (C=N–C) groups is 2. The first-order valence-electron chi connectivity index (χ1n) is 17.3. The third kappa shape index (κ3) is 6.68. The Morgan fingerprint density at radius 1 is 0.714 bits per heavy atom. The van der Waals surface area contributed by atoms with Crippen molar-refractivity contribution in [2.24, 2.45) is 9.98 Å². The van der Waals surface area contributed by atoms with Crippen LogP contribution in [0.15, 0.2) is 173 Å². The summed E-state index contributed by atoms with van der Waals surface area (Å²) in [6, 6.07) is 37.1. The van der Waals surface area contributed by atoms with E-state index < -0.39 is 0 Å². The molecule has 0 radical (unpaired) electrons. The van der Waals surface area contributed by atoms with Crippen molar-refractivity contribution in [3.63, 3.8) is 0 Å². The van der Waals surface area contributed by atoms with Crippen LogP contribution in [0.5, 0.6) is 0 Å². The fourth-order valence-electron chi connectivity index (χ4n) is 7.08. The predicted octanol–water partition coefficient (Wildman–Crippen LogP) is 10.0. The van der Waals surface area contributed by atoms with E-state index in [0.29, 0.717) is 0 Å². The summed E-state index contributed by atoms with van der Waals surface area (Å²) >= 11 is 0. The van der Waals surface area contributed by atoms with Crippen molar-refractivity contribution in [2.45, 2.75) is 37.5 Å². The quantitative estimate of drug-likeness (QED) is 0.219. The van der Waals surface area contributed by atoms with E-state index in [1.807, 2.05) is 12.3 Å². The zero-order chi connectivity index (χ0) is 33.0. The largest absolute Gasteiger partial charge is 0.360 e. The van der Waals surface area contributed by atoms with Crippen molar-refractivity contribution in [1.29, 1.82) is 0 Å². The van der Waals surface area contributed by atoms with Gasteiger partial charge in [0.15, 0.2) is 0 Å². The van der Waals surface area contributed by atoms with Crippen molar-refractivity contribution in [3.8, 4) is 11.1 Å². The molecule has 4 nitrogen and oxygen atoms in total. The van der Waals surface area contributed by atoms with Crippen LogP contribution in [0, 0.1) is 0 Å². The monoisotopic (exact) mass is 636 g/mol. The molecule has 2 aliphatic carbocycles. The Hall–Kier alpha value is -5.74. The lowest BCUT2D eigenvalue weighted by Crippen LogP contribution is -2.29. The van der Waals surface area contributed by atoms with Crippen LogP contribution >= 0.6 is 0 Å². The molecule has 8 rings (SSSR count). The standard InChI is InChI=1S/C45H40N4/c1-49-26-12-25-46-45(49)41-24-11-20-37(30-41)36-19-9-22-39(28-36)43-31-42(38-21-8-17-34(27-38)32-13-4-2-5-14-32)47-44(48-43)40-23-10-18-35(29-40)33-15-6-3-7-16-33/h3-4,6-19,21-31,37,44-45,47H,2,5,20H2,1H3. The Morgan fingerprint density at radius 3 is 2.35 bits per heavy atom. The van der Waals surface area contributed by atoms with E-state index in [-0.39, 0.29) is 18.2 Å². The van der Waals surface area contributed by atoms with E-state index in [0.717, 1.165) is 47.4 Å². The van der Waals surface area contributed by atoms with Gasteiger partial charge >= 0.3 is 0 Å². The molecule has 1 N–H and O–H groups in total. The van der Waals surface area contributed by atoms with Gasteiger partial charge in [-0.05, 0) is 94.1 Å². The van der Waals surface area contributed by atoms with Crippen LogP contribution in [-0.2, 0) is 0 Å². The molecule has 0 fully saturated rings. The van der Waals surface area contributed by atoms with Crippen molar-refractivity contribution < 1.29 is 0 Å². The van der Waals surface area contributed by atoms with Gasteiger partial charge in [-0.15, -0.1) is 0 Å². The van der Waals surface area contributed by atoms with Gasteiger partial charge in [0.25, 0.3) is 0 Å². The number of rotatable bonds is 7. The van der Waals surface area contributed by atoms with Crippen molar-refractivity contribution >= 4 is 23.2 Å². The fourth-order valence-corrected chi connectivity index (χ4v) is 7.08. The second kappa shape index (κ2) is 13.8. The Labute approximate surface area is 289 Å². The van der Waals surface area contributed by atoms with E-state index in [4.69, 9.17) is 9.98 Å². The Morgan fingerprint density at radius 2 is 1.49 bits per heavy atom. The van der Waals surface area contributed by atoms with E-state index in [1.165, 1.54) is 33.4 Å². The minimum atomic E-state index is -0.239. The molecule has 3 unspecified atom stereocenters. The van der Waals surface area contributed by atoms with Gasteiger partial charge in [-0.1, -0.05) is 121 Å². The maximum absolute atomic E-state index is 5.37. The second-order valence-corrected chi connectivity index (χ2v) is 13.0. The summed E-state index contributed by atoms with van der Waals surface area (Å²) in [6.07, 6.45) is 24.9. The molecule has 0 spiro atoms. The summed E-state index contributed by atoms with van der Waals surface area (Å²) < 4.78 is 0. The molecule has 3 atom stereocenters. The number of benzene rings is 4. The van der Waals surface area contributed by atoms with Crippen LogP contribution in [0.1, 0.15) is 59.2 Å². The summed E-state index contributed by atoms with van der Waals surface area (Å²) in [6.45, 7) is 0. The molecular weight excluding hydrogens is 597 g/mol. The van der Waals surface area contributed by atoms with Gasteiger partial charge in [-0.2, -0.15) is 0 Å². The SMILES string of the molecule is CN1C=CC=NC1C1=CC(c2cccc(C3=NC(c4cccc(-c5ccccc5)c4)NC(c4cccc(C5=CCCC=C5)c4)=C3)c2)CC=C1. The van der Waals surface area contributed by atoms with Gasteiger partial charge in [-0.25, -0.2) is 0 Å². The van der Waals surface area contributed by atoms with E-state index in [9.17, 15) is 0 Å². The Balaban J connectivity index is 1.17. The number of hydrogen-bond donors (Lipinski definition) is 1. The first kappa shape index (κ1) is 30.6. The molecule has 0 bridgehead atoms. The Kier molecular flexibility index (Phi) is 8.60. The maximum Gasteiger partial charge on any atom is 0.146 e. The van der Waals surface area contributed by atoms with Crippen LogP contribution in [-0.4, -0.2) is 30.0 Å². The first-order chi connectivity index (χ1) is 24.2. The first-order valence-corrected chi connectivity index (χ1v) is 17.3. The zero-order valence-electron chi connectivity index (χ0n) is 27.8. The molecule has 4 aliphatic rings. The average Bonchev–Trinajstić information content (AvgIpc) is 3.19. The maximum atomic E-state index is 5.37. The topological polar surface area (TPSA) is 40.0 Å². The molecule has 49 heavy (non-hydrogen) atoms. The lowest BCUT2D eigenvalue weighted by Gasteiger charge is -2.29. The zero-order valence-corrected chi connectivity index (χ0v) is 27.8. The molecule has 4 aromatic carbocycles. The van der Waals surface area contributed by atoms with Crippen molar-refractivity contribution in [1.82, 2.24) is 10.2 Å². The van der Waals surface area contributed by atoms with Crippen LogP contribution < -0.4 is 5.32 Å². The second-order valence-electron chi connectivity index (χ2n) is 13.0. The average molecular weight is 637 g/mol. The van der Waals surface area contributed by atoms with Crippen molar-refractivity contribution in [3.05, 3.63) is 191 Å². The van der Waals surface area contributed by atoms with E-state index >= 15 is 0 Å². The molecule has 2 aliphatic heterocycles.